The highest BCUT2D eigenvalue weighted by Gasteiger charge is 2.42. The fraction of sp³-hybridized carbons (Fsp3) is 0.259. The highest BCUT2D eigenvalue weighted by Crippen LogP contribution is 2.55. The van der Waals surface area contributed by atoms with Crippen molar-refractivity contribution in [3.63, 3.8) is 0 Å². The molecule has 0 saturated carbocycles. The van der Waals surface area contributed by atoms with Gasteiger partial charge in [-0.25, -0.2) is 4.79 Å². The van der Waals surface area contributed by atoms with Crippen LogP contribution in [0.5, 0.6) is 0 Å². The van der Waals surface area contributed by atoms with Gasteiger partial charge in [-0.05, 0) is 46.7 Å². The molecule has 0 spiro atoms. The number of aryl methyl sites for hydroxylation is 1. The standard InChI is InChI=1S/C27H24N2O3/c30-25(13-14-29-23-11-5-6-12-24(23)32-27(29)31)28-16-17-15-22-18-7-1-3-9-20(18)26(17)21-10-4-2-8-19(21)22/h1-12,17,22,26H,13-16H2,(H,28,30). The van der Waals surface area contributed by atoms with Crippen LogP contribution in [0.3, 0.4) is 0 Å². The highest BCUT2D eigenvalue weighted by molar-refractivity contribution is 5.77. The molecule has 3 aliphatic carbocycles. The average Bonchev–Trinajstić information content (AvgIpc) is 3.16. The first-order valence-corrected chi connectivity index (χ1v) is 11.2. The van der Waals surface area contributed by atoms with Crippen LogP contribution >= 0.6 is 0 Å². The van der Waals surface area contributed by atoms with Crippen molar-refractivity contribution in [2.75, 3.05) is 6.54 Å². The molecule has 160 valence electrons. The molecule has 1 aromatic heterocycles. The number of aromatic nitrogens is 1. The summed E-state index contributed by atoms with van der Waals surface area (Å²) in [7, 11) is 0. The Balaban J connectivity index is 1.17. The normalized spacial score (nSPS) is 20.7. The Bertz CT molecular complexity index is 1340. The predicted molar refractivity (Wildman–Crippen MR) is 123 cm³/mol. The molecular formula is C27H24N2O3. The monoisotopic (exact) mass is 424 g/mol. The predicted octanol–water partition coefficient (Wildman–Crippen LogP) is 4.40. The van der Waals surface area contributed by atoms with Crippen molar-refractivity contribution in [3.8, 4) is 0 Å². The van der Waals surface area contributed by atoms with Gasteiger partial charge in [0.25, 0.3) is 0 Å². The summed E-state index contributed by atoms with van der Waals surface area (Å²) in [4.78, 5) is 24.8. The van der Waals surface area contributed by atoms with Crippen LogP contribution in [0, 0.1) is 5.92 Å². The van der Waals surface area contributed by atoms with E-state index in [2.05, 4.69) is 53.8 Å². The van der Waals surface area contributed by atoms with Crippen LogP contribution in [0.25, 0.3) is 11.1 Å². The lowest BCUT2D eigenvalue weighted by Gasteiger charge is -2.45. The lowest BCUT2D eigenvalue weighted by molar-refractivity contribution is -0.121. The van der Waals surface area contributed by atoms with Gasteiger partial charge in [-0.1, -0.05) is 60.7 Å². The Hall–Kier alpha value is -3.60. The second kappa shape index (κ2) is 7.52. The largest absolute Gasteiger partial charge is 0.419 e. The summed E-state index contributed by atoms with van der Waals surface area (Å²) in [5.41, 5.74) is 6.95. The average molecular weight is 425 g/mol. The number of benzene rings is 3. The van der Waals surface area contributed by atoms with E-state index in [0.717, 1.165) is 11.9 Å². The minimum atomic E-state index is -0.420. The third-order valence-corrected chi connectivity index (χ3v) is 7.12. The second-order valence-electron chi connectivity index (χ2n) is 8.83. The smallest absolute Gasteiger partial charge is 0.408 e. The van der Waals surface area contributed by atoms with E-state index in [0.29, 0.717) is 36.4 Å². The van der Waals surface area contributed by atoms with Gasteiger partial charge in [-0.15, -0.1) is 0 Å². The first kappa shape index (κ1) is 19.1. The van der Waals surface area contributed by atoms with Gasteiger partial charge in [0, 0.05) is 31.3 Å². The van der Waals surface area contributed by atoms with Crippen LogP contribution in [0.1, 0.15) is 46.9 Å². The fourth-order valence-corrected chi connectivity index (χ4v) is 5.73. The van der Waals surface area contributed by atoms with Crippen molar-refractivity contribution >= 4 is 17.0 Å². The van der Waals surface area contributed by atoms with Gasteiger partial charge in [-0.2, -0.15) is 0 Å². The molecule has 1 N–H and O–H groups in total. The molecule has 0 saturated heterocycles. The van der Waals surface area contributed by atoms with Crippen molar-refractivity contribution in [2.24, 2.45) is 5.92 Å². The Morgan fingerprint density at radius 1 is 0.906 bits per heavy atom. The third-order valence-electron chi connectivity index (χ3n) is 7.12. The summed E-state index contributed by atoms with van der Waals surface area (Å²) in [6.07, 6.45) is 1.29. The van der Waals surface area contributed by atoms with Crippen LogP contribution in [-0.4, -0.2) is 17.0 Å². The number of nitrogens with zero attached hydrogens (tertiary/aromatic N) is 1. The van der Waals surface area contributed by atoms with Gasteiger partial charge >= 0.3 is 5.76 Å². The fourth-order valence-electron chi connectivity index (χ4n) is 5.73. The molecule has 1 heterocycles. The van der Waals surface area contributed by atoms with Gasteiger partial charge in [-0.3, -0.25) is 9.36 Å². The maximum absolute atomic E-state index is 12.7. The summed E-state index contributed by atoms with van der Waals surface area (Å²) in [6.45, 7) is 0.952. The Morgan fingerprint density at radius 2 is 1.53 bits per heavy atom. The quantitative estimate of drug-likeness (QED) is 0.517. The molecule has 2 bridgehead atoms. The number of hydrogen-bond donors (Lipinski definition) is 1. The molecule has 0 aliphatic heterocycles. The summed E-state index contributed by atoms with van der Waals surface area (Å²) in [5, 5.41) is 3.14. The van der Waals surface area contributed by atoms with E-state index in [-0.39, 0.29) is 12.3 Å². The van der Waals surface area contributed by atoms with Gasteiger partial charge in [0.2, 0.25) is 5.91 Å². The van der Waals surface area contributed by atoms with Crippen molar-refractivity contribution in [3.05, 3.63) is 106 Å². The Labute approximate surface area is 185 Å². The first-order chi connectivity index (χ1) is 15.7. The number of hydrogen-bond acceptors (Lipinski definition) is 3. The molecule has 5 nitrogen and oxygen atoms in total. The van der Waals surface area contributed by atoms with Crippen molar-refractivity contribution in [1.29, 1.82) is 0 Å². The van der Waals surface area contributed by atoms with Crippen molar-refractivity contribution in [2.45, 2.75) is 31.2 Å². The summed E-state index contributed by atoms with van der Waals surface area (Å²) < 4.78 is 6.79. The highest BCUT2D eigenvalue weighted by atomic mass is 16.4. The number of carbonyl (C=O) groups excluding carboxylic acids is 1. The SMILES string of the molecule is O=C(CCn1c(=O)oc2ccccc21)NCC1CC2c3ccccc3C1c1ccccc12. The molecule has 1 unspecified atom stereocenters. The van der Waals surface area contributed by atoms with Crippen molar-refractivity contribution < 1.29 is 9.21 Å². The second-order valence-corrected chi connectivity index (χ2v) is 8.83. The minimum Gasteiger partial charge on any atom is -0.408 e. The molecule has 0 fully saturated rings. The summed E-state index contributed by atoms with van der Waals surface area (Å²) in [6, 6.07) is 24.8. The number of fused-ring (bicyclic) bond motifs is 2. The molecule has 0 radical (unpaired) electrons. The molecule has 3 aliphatic rings. The number of nitrogens with one attached hydrogen (secondary N) is 1. The van der Waals surface area contributed by atoms with Gasteiger partial charge in [0.1, 0.15) is 0 Å². The van der Waals surface area contributed by atoms with Gasteiger partial charge in [0.15, 0.2) is 5.58 Å². The zero-order chi connectivity index (χ0) is 21.7. The number of oxazole rings is 1. The molecule has 1 amide bonds. The van der Waals surface area contributed by atoms with E-state index < -0.39 is 5.76 Å². The summed E-state index contributed by atoms with van der Waals surface area (Å²) in [5.74, 6) is 0.617. The van der Waals surface area contributed by atoms with Crippen LogP contribution in [-0.2, 0) is 11.3 Å². The maximum Gasteiger partial charge on any atom is 0.419 e. The zero-order valence-electron chi connectivity index (χ0n) is 17.7. The van der Waals surface area contributed by atoms with Crippen LogP contribution in [0.2, 0.25) is 0 Å². The van der Waals surface area contributed by atoms with E-state index >= 15 is 0 Å². The molecule has 1 atom stereocenters. The molecule has 4 aromatic rings. The molecule has 7 rings (SSSR count). The molecule has 5 heteroatoms. The number of amides is 1. The molecular weight excluding hydrogens is 400 g/mol. The first-order valence-electron chi connectivity index (χ1n) is 11.2. The lowest BCUT2D eigenvalue weighted by atomic mass is 9.59. The number of carbonyl (C=O) groups is 1. The molecule has 32 heavy (non-hydrogen) atoms. The zero-order valence-corrected chi connectivity index (χ0v) is 17.7. The Morgan fingerprint density at radius 3 is 2.25 bits per heavy atom. The number of rotatable bonds is 5. The topological polar surface area (TPSA) is 64.2 Å². The van der Waals surface area contributed by atoms with E-state index in [1.54, 1.807) is 6.07 Å². The van der Waals surface area contributed by atoms with Gasteiger partial charge < -0.3 is 9.73 Å². The maximum atomic E-state index is 12.7. The van der Waals surface area contributed by atoms with Crippen LogP contribution < -0.4 is 11.1 Å². The Kier molecular flexibility index (Phi) is 4.49. The van der Waals surface area contributed by atoms with E-state index in [1.807, 2.05) is 18.2 Å². The van der Waals surface area contributed by atoms with Crippen LogP contribution in [0.15, 0.2) is 82.0 Å². The van der Waals surface area contributed by atoms with Crippen LogP contribution in [0.4, 0.5) is 0 Å². The lowest BCUT2D eigenvalue weighted by Crippen LogP contribution is -2.39. The van der Waals surface area contributed by atoms with Gasteiger partial charge in [0.05, 0.1) is 5.52 Å². The van der Waals surface area contributed by atoms with E-state index in [1.165, 1.54) is 26.8 Å². The third kappa shape index (κ3) is 3.00. The van der Waals surface area contributed by atoms with E-state index in [9.17, 15) is 9.59 Å². The minimum absolute atomic E-state index is 0.0369. The van der Waals surface area contributed by atoms with Crippen molar-refractivity contribution in [1.82, 2.24) is 9.88 Å². The molecule has 3 aromatic carbocycles. The number of para-hydroxylation sites is 2. The van der Waals surface area contributed by atoms with E-state index in [4.69, 9.17) is 4.42 Å². The summed E-state index contributed by atoms with van der Waals surface area (Å²) >= 11 is 0.